The van der Waals surface area contributed by atoms with Gasteiger partial charge in [-0.15, -0.1) is 0 Å². The van der Waals surface area contributed by atoms with Gasteiger partial charge < -0.3 is 14.0 Å². The van der Waals surface area contributed by atoms with Crippen molar-refractivity contribution in [1.82, 2.24) is 4.90 Å². The van der Waals surface area contributed by atoms with E-state index in [1.165, 1.54) is 0 Å². The van der Waals surface area contributed by atoms with Crippen molar-refractivity contribution in [2.24, 2.45) is 5.41 Å². The van der Waals surface area contributed by atoms with Gasteiger partial charge in [0.15, 0.2) is 0 Å². The maximum atomic E-state index is 12.8. The fourth-order valence-electron chi connectivity index (χ4n) is 3.00. The van der Waals surface area contributed by atoms with Gasteiger partial charge in [0, 0.05) is 49.4 Å². The summed E-state index contributed by atoms with van der Waals surface area (Å²) in [4.78, 5) is 16.7. The summed E-state index contributed by atoms with van der Waals surface area (Å²) in [6, 6.07) is 5.54. The van der Waals surface area contributed by atoms with E-state index in [0.717, 1.165) is 25.0 Å². The van der Waals surface area contributed by atoms with Crippen LogP contribution in [0.4, 0.5) is 5.69 Å². The van der Waals surface area contributed by atoms with Crippen LogP contribution < -0.4 is 9.08 Å². The van der Waals surface area contributed by atoms with Gasteiger partial charge in [-0.05, 0) is 39.2 Å². The Morgan fingerprint density at radius 1 is 1.14 bits per heavy atom. The third-order valence-electron chi connectivity index (χ3n) is 4.39. The molecule has 0 N–H and O–H groups in total. The molecule has 0 heterocycles. The number of carbonyl (C=O) groups excluding carboxylic acids is 1. The van der Waals surface area contributed by atoms with E-state index in [1.807, 2.05) is 60.6 Å². The Morgan fingerprint density at radius 2 is 1.71 bits per heavy atom. The van der Waals surface area contributed by atoms with Crippen molar-refractivity contribution < 1.29 is 17.4 Å². The number of hydrogen-bond donors (Lipinski definition) is 0. The normalized spacial score (nSPS) is 12.2. The number of carbonyl (C=O) groups is 1. The van der Waals surface area contributed by atoms with Gasteiger partial charge in [0.05, 0.1) is 6.26 Å². The van der Waals surface area contributed by atoms with Crippen molar-refractivity contribution in [3.63, 3.8) is 0 Å². The van der Waals surface area contributed by atoms with Crippen molar-refractivity contribution in [1.29, 1.82) is 0 Å². The predicted molar refractivity (Wildman–Crippen MR) is 115 cm³/mol. The number of rotatable bonds is 9. The largest absolute Gasteiger partial charge is 0.382 e. The van der Waals surface area contributed by atoms with Crippen LogP contribution in [0, 0.1) is 5.41 Å². The second-order valence-corrected chi connectivity index (χ2v) is 10.2. The fraction of sp³-hybridized carbons (Fsp3) is 0.667. The van der Waals surface area contributed by atoms with Crippen LogP contribution in [0.3, 0.4) is 0 Å². The fourth-order valence-corrected chi connectivity index (χ4v) is 3.48. The van der Waals surface area contributed by atoms with Gasteiger partial charge >= 0.3 is 10.1 Å². The highest BCUT2D eigenvalue weighted by Gasteiger charge is 2.25. The molecule has 1 rings (SSSR count). The molecule has 0 saturated heterocycles. The topological polar surface area (TPSA) is 66.9 Å². The first-order valence-corrected chi connectivity index (χ1v) is 11.7. The zero-order valence-corrected chi connectivity index (χ0v) is 19.4. The van der Waals surface area contributed by atoms with E-state index >= 15 is 0 Å². The Labute approximate surface area is 171 Å². The minimum absolute atomic E-state index is 0.0107. The van der Waals surface area contributed by atoms with E-state index in [0.29, 0.717) is 18.5 Å². The van der Waals surface area contributed by atoms with E-state index in [2.05, 4.69) is 4.90 Å². The molecule has 0 atom stereocenters. The minimum Gasteiger partial charge on any atom is -0.382 e. The van der Waals surface area contributed by atoms with Gasteiger partial charge in [0.1, 0.15) is 5.75 Å². The number of benzene rings is 1. The number of anilines is 1. The summed E-state index contributed by atoms with van der Waals surface area (Å²) in [6.07, 6.45) is 1.46. The van der Waals surface area contributed by atoms with Gasteiger partial charge in [-0.2, -0.15) is 8.42 Å². The number of hydrogen-bond acceptors (Lipinski definition) is 5. The van der Waals surface area contributed by atoms with E-state index in [1.54, 1.807) is 11.0 Å². The highest BCUT2D eigenvalue weighted by atomic mass is 32.2. The molecule has 0 bridgehead atoms. The van der Waals surface area contributed by atoms with Gasteiger partial charge in [-0.1, -0.05) is 26.8 Å². The molecule has 0 saturated carbocycles. The molecule has 28 heavy (non-hydrogen) atoms. The molecule has 0 aromatic heterocycles. The highest BCUT2D eigenvalue weighted by molar-refractivity contribution is 7.86. The average Bonchev–Trinajstić information content (AvgIpc) is 2.51. The number of amides is 1. The van der Waals surface area contributed by atoms with Gasteiger partial charge in [0.2, 0.25) is 5.91 Å². The molecule has 0 aliphatic heterocycles. The van der Waals surface area contributed by atoms with Crippen LogP contribution in [0.5, 0.6) is 5.75 Å². The molecule has 0 aliphatic carbocycles. The second kappa shape index (κ2) is 9.63. The Balaban J connectivity index is 3.30. The van der Waals surface area contributed by atoms with Crippen LogP contribution >= 0.6 is 0 Å². The molecule has 0 aliphatic rings. The van der Waals surface area contributed by atoms with E-state index < -0.39 is 10.1 Å². The molecule has 160 valence electrons. The summed E-state index contributed by atoms with van der Waals surface area (Å²) in [5, 5.41) is 0. The summed E-state index contributed by atoms with van der Waals surface area (Å²) < 4.78 is 28.9. The third-order valence-corrected chi connectivity index (χ3v) is 4.87. The molecule has 0 spiro atoms. The molecule has 0 radical (unpaired) electrons. The minimum atomic E-state index is -3.68. The highest BCUT2D eigenvalue weighted by Crippen LogP contribution is 2.29. The van der Waals surface area contributed by atoms with Crippen molar-refractivity contribution in [3.05, 3.63) is 23.8 Å². The summed E-state index contributed by atoms with van der Waals surface area (Å²) >= 11 is 0. The maximum Gasteiger partial charge on any atom is 0.306 e. The lowest BCUT2D eigenvalue weighted by Crippen LogP contribution is -2.38. The average molecular weight is 413 g/mol. The zero-order chi connectivity index (χ0) is 21.7. The number of nitrogens with zero attached hydrogens (tertiary/aromatic N) is 2. The maximum absolute atomic E-state index is 12.8. The molecular formula is C21H36N2O4S. The molecule has 1 aromatic rings. The Kier molecular flexibility index (Phi) is 8.35. The van der Waals surface area contributed by atoms with Crippen molar-refractivity contribution in [2.45, 2.75) is 67.5 Å². The first kappa shape index (κ1) is 24.3. The lowest BCUT2D eigenvalue weighted by atomic mass is 9.91. The summed E-state index contributed by atoms with van der Waals surface area (Å²) in [7, 11) is -3.68. The standard InChI is InChI=1S/C21H36N2O4S/c1-9-22(10-2)18-12-11-17(19(13-18)27-28(8,25)26)15-23(16(3)4)20(24)14-21(5,6)7/h11-13,16H,9-10,14-15H2,1-8H3. The molecule has 1 aromatic carbocycles. The SMILES string of the molecule is CCN(CC)c1ccc(CN(C(=O)CC(C)(C)C)C(C)C)c(OS(C)(=O)=O)c1. The van der Waals surface area contributed by atoms with Crippen LogP contribution in [0.1, 0.15) is 60.5 Å². The molecule has 0 unspecified atom stereocenters. The Bertz CT molecular complexity index is 763. The van der Waals surface area contributed by atoms with Crippen LogP contribution in [-0.4, -0.2) is 44.6 Å². The van der Waals surface area contributed by atoms with Crippen LogP contribution in [0.25, 0.3) is 0 Å². The molecular weight excluding hydrogens is 376 g/mol. The molecule has 7 heteroatoms. The zero-order valence-electron chi connectivity index (χ0n) is 18.6. The third kappa shape index (κ3) is 7.70. The Hall–Kier alpha value is -1.76. The quantitative estimate of drug-likeness (QED) is 0.573. The van der Waals surface area contributed by atoms with Crippen LogP contribution in [0.15, 0.2) is 18.2 Å². The monoisotopic (exact) mass is 412 g/mol. The van der Waals surface area contributed by atoms with Crippen LogP contribution in [0.2, 0.25) is 0 Å². The van der Waals surface area contributed by atoms with Crippen molar-refractivity contribution >= 4 is 21.7 Å². The van der Waals surface area contributed by atoms with Crippen molar-refractivity contribution in [3.8, 4) is 5.75 Å². The van der Waals surface area contributed by atoms with E-state index in [-0.39, 0.29) is 23.1 Å². The summed E-state index contributed by atoms with van der Waals surface area (Å²) in [6.45, 7) is 16.0. The van der Waals surface area contributed by atoms with E-state index in [9.17, 15) is 13.2 Å². The summed E-state index contributed by atoms with van der Waals surface area (Å²) in [5.41, 5.74) is 1.45. The Morgan fingerprint density at radius 3 is 2.14 bits per heavy atom. The van der Waals surface area contributed by atoms with Gasteiger partial charge in [-0.3, -0.25) is 4.79 Å². The lowest BCUT2D eigenvalue weighted by molar-refractivity contribution is -0.135. The molecule has 6 nitrogen and oxygen atoms in total. The first-order chi connectivity index (χ1) is 12.8. The summed E-state index contributed by atoms with van der Waals surface area (Å²) in [5.74, 6) is 0.321. The van der Waals surface area contributed by atoms with Gasteiger partial charge in [0.25, 0.3) is 0 Å². The lowest BCUT2D eigenvalue weighted by Gasteiger charge is -2.31. The van der Waals surface area contributed by atoms with Crippen molar-refractivity contribution in [2.75, 3.05) is 24.2 Å². The molecule has 0 fully saturated rings. The second-order valence-electron chi connectivity index (χ2n) is 8.60. The molecule has 1 amide bonds. The van der Waals surface area contributed by atoms with Gasteiger partial charge in [-0.25, -0.2) is 0 Å². The smallest absolute Gasteiger partial charge is 0.306 e. The van der Waals surface area contributed by atoms with E-state index in [4.69, 9.17) is 4.18 Å². The predicted octanol–water partition coefficient (Wildman–Crippen LogP) is 4.04. The first-order valence-electron chi connectivity index (χ1n) is 9.84. The van der Waals surface area contributed by atoms with Crippen LogP contribution in [-0.2, 0) is 21.5 Å².